The second kappa shape index (κ2) is 10.7. The molecule has 1 fully saturated rings. The molecule has 9 heteroatoms. The monoisotopic (exact) mass is 495 g/mol. The summed E-state index contributed by atoms with van der Waals surface area (Å²) >= 11 is 0. The summed E-state index contributed by atoms with van der Waals surface area (Å²) in [5.41, 5.74) is 0.287. The molecule has 2 aromatic rings. The van der Waals surface area contributed by atoms with Crippen molar-refractivity contribution in [3.63, 3.8) is 0 Å². The maximum atomic E-state index is 13.3. The number of nitrogens with zero attached hydrogens (tertiary/aromatic N) is 3. The number of hydrogen-bond donors (Lipinski definition) is 2. The quantitative estimate of drug-likeness (QED) is 0.574. The smallest absolute Gasteiger partial charge is 0.272 e. The summed E-state index contributed by atoms with van der Waals surface area (Å²) in [6.45, 7) is 6.20. The van der Waals surface area contributed by atoms with Crippen LogP contribution in [-0.2, 0) is 17.9 Å². The highest BCUT2D eigenvalue weighted by atomic mass is 16.5. The number of rotatable bonds is 7. The molecule has 0 bridgehead atoms. The summed E-state index contributed by atoms with van der Waals surface area (Å²) < 4.78 is 7.13. The molecule has 2 aliphatic rings. The molecule has 1 aliphatic carbocycles. The third-order valence-corrected chi connectivity index (χ3v) is 7.16. The topological polar surface area (TPSA) is 106 Å². The molecule has 3 amide bonds. The van der Waals surface area contributed by atoms with Gasteiger partial charge in [-0.15, -0.1) is 0 Å². The first kappa shape index (κ1) is 25.7. The van der Waals surface area contributed by atoms with Crippen LogP contribution in [0.2, 0.25) is 0 Å². The predicted molar refractivity (Wildman–Crippen MR) is 136 cm³/mol. The van der Waals surface area contributed by atoms with E-state index in [1.807, 2.05) is 38.1 Å². The Morgan fingerprint density at radius 3 is 2.44 bits per heavy atom. The van der Waals surface area contributed by atoms with Gasteiger partial charge in [-0.3, -0.25) is 19.1 Å². The SMILES string of the molecule is CC(C)Oc1ccc(CNC(=O)c2cc3n(n2)C[C@](C)(C(=O)NC2CCCCCC2)N(C)C3=O)cc1. The fourth-order valence-corrected chi connectivity index (χ4v) is 4.83. The van der Waals surface area contributed by atoms with E-state index in [2.05, 4.69) is 15.7 Å². The molecule has 36 heavy (non-hydrogen) atoms. The molecule has 0 saturated heterocycles. The van der Waals surface area contributed by atoms with Crippen LogP contribution in [0.4, 0.5) is 0 Å². The van der Waals surface area contributed by atoms with Crippen LogP contribution in [0.15, 0.2) is 30.3 Å². The van der Waals surface area contributed by atoms with Gasteiger partial charge in [0.05, 0.1) is 12.6 Å². The van der Waals surface area contributed by atoms with Gasteiger partial charge in [-0.25, -0.2) is 0 Å². The second-order valence-electron chi connectivity index (χ2n) is 10.4. The lowest BCUT2D eigenvalue weighted by atomic mass is 9.95. The Morgan fingerprint density at radius 1 is 1.14 bits per heavy atom. The van der Waals surface area contributed by atoms with E-state index in [0.717, 1.165) is 37.0 Å². The minimum atomic E-state index is -1.09. The highest BCUT2D eigenvalue weighted by Gasteiger charge is 2.46. The van der Waals surface area contributed by atoms with Gasteiger partial charge in [0.2, 0.25) is 5.91 Å². The molecule has 194 valence electrons. The van der Waals surface area contributed by atoms with Gasteiger partial charge < -0.3 is 20.3 Å². The van der Waals surface area contributed by atoms with Crippen molar-refractivity contribution in [3.8, 4) is 5.75 Å². The van der Waals surface area contributed by atoms with Crippen molar-refractivity contribution >= 4 is 17.7 Å². The molecular weight excluding hydrogens is 458 g/mol. The normalized spacial score (nSPS) is 20.6. The zero-order valence-electron chi connectivity index (χ0n) is 21.7. The van der Waals surface area contributed by atoms with Gasteiger partial charge in [0.1, 0.15) is 17.0 Å². The molecule has 2 heterocycles. The first-order valence-electron chi connectivity index (χ1n) is 12.9. The maximum Gasteiger partial charge on any atom is 0.272 e. The number of carbonyl (C=O) groups excluding carboxylic acids is 3. The van der Waals surface area contributed by atoms with E-state index >= 15 is 0 Å². The standard InChI is InChI=1S/C27H37N5O4/c1-18(2)36-21-13-11-19(12-14-21)16-28-24(33)22-15-23-25(34)31(4)27(3,17-32(23)30-22)26(35)29-20-9-7-5-6-8-10-20/h11-15,18,20H,5-10,16-17H2,1-4H3,(H,28,33)(H,29,35)/t27-/m1/s1. The highest BCUT2D eigenvalue weighted by molar-refractivity contribution is 6.01. The van der Waals surface area contributed by atoms with Crippen molar-refractivity contribution in [1.82, 2.24) is 25.3 Å². The third-order valence-electron chi connectivity index (χ3n) is 7.16. The molecule has 1 atom stereocenters. The Morgan fingerprint density at radius 2 is 1.81 bits per heavy atom. The largest absolute Gasteiger partial charge is 0.491 e. The summed E-state index contributed by atoms with van der Waals surface area (Å²) in [5, 5.41) is 10.4. The number of ether oxygens (including phenoxy) is 1. The number of benzene rings is 1. The molecule has 4 rings (SSSR count). The van der Waals surface area contributed by atoms with Gasteiger partial charge in [-0.1, -0.05) is 37.8 Å². The van der Waals surface area contributed by atoms with Crippen LogP contribution in [0.1, 0.15) is 85.8 Å². The first-order chi connectivity index (χ1) is 17.2. The zero-order valence-corrected chi connectivity index (χ0v) is 21.7. The Labute approximate surface area is 212 Å². The average molecular weight is 496 g/mol. The van der Waals surface area contributed by atoms with Crippen molar-refractivity contribution in [2.24, 2.45) is 0 Å². The van der Waals surface area contributed by atoms with Gasteiger partial charge in [0, 0.05) is 25.7 Å². The fourth-order valence-electron chi connectivity index (χ4n) is 4.83. The number of fused-ring (bicyclic) bond motifs is 1. The predicted octanol–water partition coefficient (Wildman–Crippen LogP) is 3.28. The van der Waals surface area contributed by atoms with E-state index < -0.39 is 5.54 Å². The van der Waals surface area contributed by atoms with E-state index in [1.165, 1.54) is 28.5 Å². The first-order valence-corrected chi connectivity index (χ1v) is 12.9. The third kappa shape index (κ3) is 5.55. The molecular formula is C27H37N5O4. The molecule has 0 spiro atoms. The minimum Gasteiger partial charge on any atom is -0.491 e. The average Bonchev–Trinajstić information content (AvgIpc) is 3.10. The lowest BCUT2D eigenvalue weighted by Crippen LogP contribution is -2.63. The molecule has 1 aromatic heterocycles. The summed E-state index contributed by atoms with van der Waals surface area (Å²) in [6.07, 6.45) is 6.62. The number of nitrogens with one attached hydrogen (secondary N) is 2. The number of aromatic nitrogens is 2. The van der Waals surface area contributed by atoms with Gasteiger partial charge >= 0.3 is 0 Å². The van der Waals surface area contributed by atoms with Crippen molar-refractivity contribution in [1.29, 1.82) is 0 Å². The van der Waals surface area contributed by atoms with E-state index in [0.29, 0.717) is 12.2 Å². The number of carbonyl (C=O) groups is 3. The van der Waals surface area contributed by atoms with E-state index in [4.69, 9.17) is 4.74 Å². The zero-order chi connectivity index (χ0) is 25.9. The number of amides is 3. The van der Waals surface area contributed by atoms with Crippen molar-refractivity contribution in [2.45, 2.75) is 90.1 Å². The summed E-state index contributed by atoms with van der Waals surface area (Å²) in [6, 6.07) is 9.15. The Balaban J connectivity index is 1.42. The van der Waals surface area contributed by atoms with Gasteiger partial charge in [0.25, 0.3) is 11.8 Å². The highest BCUT2D eigenvalue weighted by Crippen LogP contribution is 2.27. The van der Waals surface area contributed by atoms with E-state index in [9.17, 15) is 14.4 Å². The minimum absolute atomic E-state index is 0.0917. The van der Waals surface area contributed by atoms with Crippen LogP contribution in [-0.4, -0.2) is 57.1 Å². The second-order valence-corrected chi connectivity index (χ2v) is 10.4. The Kier molecular flexibility index (Phi) is 7.66. The molecule has 0 unspecified atom stereocenters. The van der Waals surface area contributed by atoms with Gasteiger partial charge in [-0.05, 0) is 51.3 Å². The van der Waals surface area contributed by atoms with Gasteiger partial charge in [-0.2, -0.15) is 5.10 Å². The lowest BCUT2D eigenvalue weighted by Gasteiger charge is -2.41. The van der Waals surface area contributed by atoms with Crippen LogP contribution in [0.25, 0.3) is 0 Å². The molecule has 1 aliphatic heterocycles. The maximum absolute atomic E-state index is 13.3. The van der Waals surface area contributed by atoms with Crippen LogP contribution in [0.3, 0.4) is 0 Å². The summed E-state index contributed by atoms with van der Waals surface area (Å²) in [4.78, 5) is 40.7. The van der Waals surface area contributed by atoms with Crippen molar-refractivity contribution in [2.75, 3.05) is 7.05 Å². The van der Waals surface area contributed by atoms with E-state index in [-0.39, 0.29) is 42.1 Å². The van der Waals surface area contributed by atoms with Crippen LogP contribution < -0.4 is 15.4 Å². The van der Waals surface area contributed by atoms with Crippen LogP contribution >= 0.6 is 0 Å². The molecule has 9 nitrogen and oxygen atoms in total. The van der Waals surface area contributed by atoms with Crippen molar-refractivity contribution < 1.29 is 19.1 Å². The fraction of sp³-hybridized carbons (Fsp3) is 0.556. The van der Waals surface area contributed by atoms with Crippen molar-refractivity contribution in [3.05, 3.63) is 47.3 Å². The Bertz CT molecular complexity index is 1100. The number of likely N-dealkylation sites (N-methyl/N-ethyl adjacent to an activating group) is 1. The van der Waals surface area contributed by atoms with Crippen LogP contribution in [0, 0.1) is 0 Å². The number of hydrogen-bond acceptors (Lipinski definition) is 5. The van der Waals surface area contributed by atoms with E-state index in [1.54, 1.807) is 14.0 Å². The Hall–Kier alpha value is -3.36. The van der Waals surface area contributed by atoms with Gasteiger partial charge in [0.15, 0.2) is 5.69 Å². The lowest BCUT2D eigenvalue weighted by molar-refractivity contribution is -0.133. The van der Waals surface area contributed by atoms with Crippen LogP contribution in [0.5, 0.6) is 5.75 Å². The summed E-state index contributed by atoms with van der Waals surface area (Å²) in [5.74, 6) is -0.107. The molecule has 1 saturated carbocycles. The molecule has 1 aromatic carbocycles. The molecule has 0 radical (unpaired) electrons. The molecule has 2 N–H and O–H groups in total. The summed E-state index contributed by atoms with van der Waals surface area (Å²) in [7, 11) is 1.64.